The Hall–Kier alpha value is -2.64. The highest BCUT2D eigenvalue weighted by Crippen LogP contribution is 2.20. The Balaban J connectivity index is 1.88. The van der Waals surface area contributed by atoms with Gasteiger partial charge in [0.2, 0.25) is 5.95 Å². The van der Waals surface area contributed by atoms with Gasteiger partial charge in [-0.25, -0.2) is 0 Å². The lowest BCUT2D eigenvalue weighted by Gasteiger charge is -2.06. The fourth-order valence-corrected chi connectivity index (χ4v) is 2.19. The predicted molar refractivity (Wildman–Crippen MR) is 76.0 cm³/mol. The molecule has 0 aromatic carbocycles. The molecule has 0 fully saturated rings. The number of nitrogens with two attached hydrogens (primary N) is 1. The summed E-state index contributed by atoms with van der Waals surface area (Å²) < 4.78 is 1.82. The van der Waals surface area contributed by atoms with E-state index in [1.54, 1.807) is 6.20 Å². The molecule has 0 unspecified atom stereocenters. The van der Waals surface area contributed by atoms with E-state index in [2.05, 4.69) is 37.5 Å². The van der Waals surface area contributed by atoms with Crippen LogP contribution < -0.4 is 11.1 Å². The van der Waals surface area contributed by atoms with Crippen molar-refractivity contribution in [2.75, 3.05) is 11.1 Å². The van der Waals surface area contributed by atoms with Gasteiger partial charge in [-0.05, 0) is 6.42 Å². The summed E-state index contributed by atoms with van der Waals surface area (Å²) in [5, 5.41) is 15.3. The number of rotatable bonds is 4. The molecule has 0 spiro atoms. The minimum atomic E-state index is 0.214. The van der Waals surface area contributed by atoms with Gasteiger partial charge in [0.1, 0.15) is 5.82 Å². The van der Waals surface area contributed by atoms with E-state index in [4.69, 9.17) is 5.73 Å². The topological polar surface area (TPSA) is 110 Å². The van der Waals surface area contributed by atoms with Crippen LogP contribution in [0.3, 0.4) is 0 Å². The van der Waals surface area contributed by atoms with Crippen LogP contribution in [0.1, 0.15) is 18.2 Å². The van der Waals surface area contributed by atoms with Crippen molar-refractivity contribution in [1.82, 2.24) is 29.9 Å². The normalized spacial score (nSPS) is 11.1. The van der Waals surface area contributed by atoms with Crippen LogP contribution in [0, 0.1) is 0 Å². The molecule has 0 amide bonds. The third-order valence-corrected chi connectivity index (χ3v) is 3.10. The molecular weight excluding hydrogens is 256 g/mol. The van der Waals surface area contributed by atoms with Crippen molar-refractivity contribution in [1.29, 1.82) is 0 Å². The quantitative estimate of drug-likeness (QED) is 0.649. The number of anilines is 2. The van der Waals surface area contributed by atoms with E-state index in [-0.39, 0.29) is 5.95 Å². The van der Waals surface area contributed by atoms with E-state index in [0.29, 0.717) is 18.0 Å². The third-order valence-electron chi connectivity index (χ3n) is 3.10. The number of hydrogen-bond donors (Lipinski definition) is 3. The second kappa shape index (κ2) is 4.80. The molecule has 0 aliphatic heterocycles. The molecule has 8 nitrogen and oxygen atoms in total. The van der Waals surface area contributed by atoms with Crippen molar-refractivity contribution < 1.29 is 0 Å². The molecule has 0 radical (unpaired) electrons. The molecule has 3 aromatic rings. The molecule has 20 heavy (non-hydrogen) atoms. The van der Waals surface area contributed by atoms with Crippen LogP contribution >= 0.6 is 0 Å². The monoisotopic (exact) mass is 272 g/mol. The number of nitrogens with zero attached hydrogens (tertiary/aromatic N) is 5. The first-order valence-corrected chi connectivity index (χ1v) is 6.39. The molecule has 4 N–H and O–H groups in total. The van der Waals surface area contributed by atoms with Crippen LogP contribution in [-0.4, -0.2) is 29.9 Å². The summed E-state index contributed by atoms with van der Waals surface area (Å²) in [4.78, 5) is 8.30. The van der Waals surface area contributed by atoms with Crippen LogP contribution in [0.15, 0.2) is 12.4 Å². The van der Waals surface area contributed by atoms with Gasteiger partial charge in [0, 0.05) is 25.4 Å². The molecule has 0 saturated carbocycles. The zero-order valence-electron chi connectivity index (χ0n) is 11.4. The minimum absolute atomic E-state index is 0.214. The fourth-order valence-electron chi connectivity index (χ4n) is 2.19. The number of fused-ring (bicyclic) bond motifs is 1. The first-order valence-electron chi connectivity index (χ1n) is 6.39. The van der Waals surface area contributed by atoms with E-state index >= 15 is 0 Å². The third kappa shape index (κ3) is 2.15. The van der Waals surface area contributed by atoms with Gasteiger partial charge < -0.3 is 11.1 Å². The Morgan fingerprint density at radius 1 is 1.40 bits per heavy atom. The minimum Gasteiger partial charge on any atom is -0.368 e. The van der Waals surface area contributed by atoms with E-state index in [1.165, 1.54) is 0 Å². The smallest absolute Gasteiger partial charge is 0.224 e. The summed E-state index contributed by atoms with van der Waals surface area (Å²) in [6.45, 7) is 2.72. The molecule has 0 aliphatic rings. The molecule has 0 atom stereocenters. The maximum Gasteiger partial charge on any atom is 0.224 e. The van der Waals surface area contributed by atoms with Gasteiger partial charge >= 0.3 is 0 Å². The summed E-state index contributed by atoms with van der Waals surface area (Å²) in [5.74, 6) is 0.887. The maximum absolute atomic E-state index is 5.69. The van der Waals surface area contributed by atoms with Crippen LogP contribution in [0.5, 0.6) is 0 Å². The second-order valence-electron chi connectivity index (χ2n) is 4.54. The lowest BCUT2D eigenvalue weighted by Crippen LogP contribution is -2.05. The second-order valence-corrected chi connectivity index (χ2v) is 4.54. The van der Waals surface area contributed by atoms with Crippen LogP contribution in [0.25, 0.3) is 11.0 Å². The van der Waals surface area contributed by atoms with Crippen LogP contribution in [0.2, 0.25) is 0 Å². The number of aromatic nitrogens is 6. The van der Waals surface area contributed by atoms with Crippen LogP contribution in [-0.2, 0) is 20.0 Å². The number of aromatic amines is 1. The number of nitrogens with one attached hydrogen (secondary N) is 2. The Morgan fingerprint density at radius 3 is 3.05 bits per heavy atom. The summed E-state index contributed by atoms with van der Waals surface area (Å²) in [7, 11) is 1.92. The highest BCUT2D eigenvalue weighted by atomic mass is 15.3. The Morgan fingerprint density at radius 2 is 2.25 bits per heavy atom. The SMILES string of the molecule is CCc1nn(C)cc1CNc1nc(N)nc2[nH]ncc12. The Kier molecular flexibility index (Phi) is 2.97. The molecule has 3 rings (SSSR count). The van der Waals surface area contributed by atoms with Crippen molar-refractivity contribution in [3.8, 4) is 0 Å². The molecule has 104 valence electrons. The van der Waals surface area contributed by atoms with Gasteiger partial charge in [0.15, 0.2) is 5.65 Å². The van der Waals surface area contributed by atoms with E-state index in [0.717, 1.165) is 23.1 Å². The largest absolute Gasteiger partial charge is 0.368 e. The highest BCUT2D eigenvalue weighted by Gasteiger charge is 2.10. The first-order chi connectivity index (χ1) is 9.67. The average Bonchev–Trinajstić information content (AvgIpc) is 3.01. The fraction of sp³-hybridized carbons (Fsp3) is 0.333. The number of H-pyrrole nitrogens is 1. The Bertz CT molecular complexity index is 741. The summed E-state index contributed by atoms with van der Waals surface area (Å²) in [5.41, 5.74) is 8.53. The molecule has 0 aliphatic carbocycles. The highest BCUT2D eigenvalue weighted by molar-refractivity contribution is 5.86. The Labute approximate surface area is 115 Å². The van der Waals surface area contributed by atoms with Crippen molar-refractivity contribution >= 4 is 22.8 Å². The molecular formula is C12H16N8. The van der Waals surface area contributed by atoms with Crippen molar-refractivity contribution in [2.45, 2.75) is 19.9 Å². The molecule has 0 saturated heterocycles. The van der Waals surface area contributed by atoms with Gasteiger partial charge in [-0.2, -0.15) is 20.2 Å². The van der Waals surface area contributed by atoms with Gasteiger partial charge in [-0.15, -0.1) is 0 Å². The van der Waals surface area contributed by atoms with Crippen molar-refractivity contribution in [2.24, 2.45) is 7.05 Å². The maximum atomic E-state index is 5.69. The molecule has 0 bridgehead atoms. The first kappa shape index (κ1) is 12.4. The molecule has 8 heteroatoms. The van der Waals surface area contributed by atoms with E-state index in [1.807, 2.05) is 17.9 Å². The zero-order valence-corrected chi connectivity index (χ0v) is 11.4. The van der Waals surface area contributed by atoms with Crippen molar-refractivity contribution in [3.05, 3.63) is 23.7 Å². The van der Waals surface area contributed by atoms with Gasteiger partial charge in [0.25, 0.3) is 0 Å². The summed E-state index contributed by atoms with van der Waals surface area (Å²) in [6.07, 6.45) is 4.58. The zero-order chi connectivity index (χ0) is 14.1. The van der Waals surface area contributed by atoms with Gasteiger partial charge in [0.05, 0.1) is 17.3 Å². The van der Waals surface area contributed by atoms with E-state index in [9.17, 15) is 0 Å². The molecule has 3 heterocycles. The van der Waals surface area contributed by atoms with E-state index < -0.39 is 0 Å². The number of nitrogen functional groups attached to an aromatic ring is 1. The summed E-state index contributed by atoms with van der Waals surface area (Å²) >= 11 is 0. The predicted octanol–water partition coefficient (Wildman–Crippen LogP) is 0.843. The van der Waals surface area contributed by atoms with Gasteiger partial charge in [-0.1, -0.05) is 6.92 Å². The summed E-state index contributed by atoms with van der Waals surface area (Å²) in [6, 6.07) is 0. The number of aryl methyl sites for hydroxylation is 2. The number of hydrogen-bond acceptors (Lipinski definition) is 6. The average molecular weight is 272 g/mol. The van der Waals surface area contributed by atoms with Gasteiger partial charge in [-0.3, -0.25) is 9.78 Å². The van der Waals surface area contributed by atoms with Crippen LogP contribution in [0.4, 0.5) is 11.8 Å². The van der Waals surface area contributed by atoms with Crippen molar-refractivity contribution in [3.63, 3.8) is 0 Å². The lowest BCUT2D eigenvalue weighted by molar-refractivity contribution is 0.746. The molecule has 3 aromatic heterocycles. The lowest BCUT2D eigenvalue weighted by atomic mass is 10.2. The standard InChI is InChI=1S/C12H16N8/c1-3-9-7(6-20(2)19-9)4-14-10-8-5-15-18-11(8)17-12(13)16-10/h5-6H,3-4H2,1-2H3,(H4,13,14,15,16,17,18).